The molecule has 0 aliphatic heterocycles. The van der Waals surface area contributed by atoms with Crippen LogP contribution in [0.5, 0.6) is 0 Å². The van der Waals surface area contributed by atoms with Gasteiger partial charge in [-0.15, -0.1) is 0 Å². The smallest absolute Gasteiger partial charge is 0.324 e. The Morgan fingerprint density at radius 3 is 2.03 bits per heavy atom. The molecule has 2 unspecified atom stereocenters. The molecule has 2 atom stereocenters. The monoisotopic (exact) mass is 507 g/mol. The molecule has 2 amide bonds. The molecule has 0 radical (unpaired) electrons. The van der Waals surface area contributed by atoms with Gasteiger partial charge >= 0.3 is 11.9 Å². The number of nitrogens with one attached hydrogen (secondary N) is 4. The van der Waals surface area contributed by atoms with Crippen LogP contribution in [-0.4, -0.2) is 103 Å². The summed E-state index contributed by atoms with van der Waals surface area (Å²) in [6.45, 7) is 3.88. The maximum atomic E-state index is 12.7. The van der Waals surface area contributed by atoms with Gasteiger partial charge < -0.3 is 37.6 Å². The minimum atomic E-state index is -1.23. The molecule has 0 aromatic carbocycles. The zero-order chi connectivity index (χ0) is 25.8. The Labute approximate surface area is 206 Å². The largest absolute Gasteiger partial charge is 0.480 e. The third-order valence-electron chi connectivity index (χ3n) is 4.72. The lowest BCUT2D eigenvalue weighted by molar-refractivity contribution is -0.148. The summed E-state index contributed by atoms with van der Waals surface area (Å²) in [6.07, 6.45) is 3.41. The number of carboxylic acid groups (broad SMARTS) is 2. The average molecular weight is 508 g/mol. The van der Waals surface area contributed by atoms with Gasteiger partial charge in [-0.3, -0.25) is 24.2 Å². The summed E-state index contributed by atoms with van der Waals surface area (Å²) in [5.41, 5.74) is 13.6. The van der Waals surface area contributed by atoms with Crippen molar-refractivity contribution in [2.24, 2.45) is 11.5 Å². The summed E-state index contributed by atoms with van der Waals surface area (Å²) in [5, 5.41) is 27.9. The van der Waals surface area contributed by atoms with Gasteiger partial charge in [0.25, 0.3) is 5.91 Å². The molecule has 10 N–H and O–H groups in total. The third kappa shape index (κ3) is 16.6. The first-order valence-electron chi connectivity index (χ1n) is 11.5. The van der Waals surface area contributed by atoms with Gasteiger partial charge in [-0.2, -0.15) is 12.6 Å². The van der Waals surface area contributed by atoms with Crippen LogP contribution in [0.4, 0.5) is 0 Å². The van der Waals surface area contributed by atoms with Crippen molar-refractivity contribution in [2.75, 3.05) is 51.6 Å². The molecule has 0 aromatic heterocycles. The van der Waals surface area contributed by atoms with E-state index in [0.717, 1.165) is 43.9 Å². The summed E-state index contributed by atoms with van der Waals surface area (Å²) < 4.78 is 0. The molecule has 0 aromatic rings. The van der Waals surface area contributed by atoms with E-state index in [1.165, 1.54) is 0 Å². The molecule has 0 aliphatic rings. The molecule has 0 bridgehead atoms. The number of amides is 2. The predicted molar refractivity (Wildman–Crippen MR) is 131 cm³/mol. The van der Waals surface area contributed by atoms with E-state index >= 15 is 0 Å². The fraction of sp³-hybridized carbons (Fsp3) is 0.800. The number of rotatable bonds is 22. The Morgan fingerprint density at radius 2 is 1.50 bits per heavy atom. The highest BCUT2D eigenvalue weighted by Gasteiger charge is 2.26. The third-order valence-corrected chi connectivity index (χ3v) is 5.09. The number of hydrazine groups is 1. The average Bonchev–Trinajstić information content (AvgIpc) is 2.80. The van der Waals surface area contributed by atoms with Crippen LogP contribution >= 0.6 is 12.6 Å². The highest BCUT2D eigenvalue weighted by molar-refractivity contribution is 7.80. The van der Waals surface area contributed by atoms with Crippen molar-refractivity contribution in [1.82, 2.24) is 26.4 Å². The number of hydrogen-bond donors (Lipinski definition) is 9. The number of carbonyl (C=O) groups is 4. The second kappa shape index (κ2) is 20.4. The van der Waals surface area contributed by atoms with Gasteiger partial charge in [0.1, 0.15) is 18.6 Å². The van der Waals surface area contributed by atoms with Crippen molar-refractivity contribution < 1.29 is 29.4 Å². The second-order valence-electron chi connectivity index (χ2n) is 7.72. The topological polar surface area (TPSA) is 212 Å². The Morgan fingerprint density at radius 1 is 0.912 bits per heavy atom. The normalized spacial score (nSPS) is 12.7. The maximum absolute atomic E-state index is 12.7. The fourth-order valence-corrected chi connectivity index (χ4v) is 3.05. The van der Waals surface area contributed by atoms with E-state index in [-0.39, 0.29) is 18.6 Å². The van der Waals surface area contributed by atoms with Gasteiger partial charge in [0.15, 0.2) is 0 Å². The summed E-state index contributed by atoms with van der Waals surface area (Å²) in [6, 6.07) is -2.26. The van der Waals surface area contributed by atoms with Crippen LogP contribution in [0.25, 0.3) is 0 Å². The van der Waals surface area contributed by atoms with Crippen LogP contribution < -0.4 is 32.8 Å². The number of carboxylic acids is 2. The highest BCUT2D eigenvalue weighted by Crippen LogP contribution is 2.00. The molecule has 0 saturated carbocycles. The van der Waals surface area contributed by atoms with Crippen molar-refractivity contribution in [1.29, 1.82) is 0 Å². The van der Waals surface area contributed by atoms with Crippen LogP contribution in [0.3, 0.4) is 0 Å². The lowest BCUT2D eigenvalue weighted by Crippen LogP contribution is -2.55. The van der Waals surface area contributed by atoms with Gasteiger partial charge in [0.2, 0.25) is 5.91 Å². The van der Waals surface area contributed by atoms with Crippen molar-refractivity contribution in [3.05, 3.63) is 0 Å². The van der Waals surface area contributed by atoms with E-state index in [4.69, 9.17) is 21.7 Å². The van der Waals surface area contributed by atoms with E-state index in [1.54, 1.807) is 0 Å². The molecule has 0 rings (SSSR count). The number of nitrogens with two attached hydrogens (primary N) is 2. The summed E-state index contributed by atoms with van der Waals surface area (Å²) in [5.74, 6) is -3.72. The maximum Gasteiger partial charge on any atom is 0.324 e. The quantitative estimate of drug-likeness (QED) is 0.0432. The zero-order valence-corrected chi connectivity index (χ0v) is 20.5. The minimum absolute atomic E-state index is 0.0595. The number of nitrogens with zero attached hydrogens (tertiary/aromatic N) is 1. The molecule has 198 valence electrons. The molecule has 13 nitrogen and oxygen atoms in total. The number of unbranched alkanes of at least 4 members (excludes halogenated alkanes) is 1. The molecule has 0 aliphatic carbocycles. The molecule has 0 spiro atoms. The summed E-state index contributed by atoms with van der Waals surface area (Å²) in [4.78, 5) is 46.7. The van der Waals surface area contributed by atoms with Gasteiger partial charge in [-0.25, -0.2) is 5.43 Å². The molecule has 0 saturated heterocycles. The fourth-order valence-electron chi connectivity index (χ4n) is 2.80. The van der Waals surface area contributed by atoms with Crippen LogP contribution in [0.15, 0.2) is 0 Å². The Hall–Kier alpha value is -1.97. The van der Waals surface area contributed by atoms with E-state index in [9.17, 15) is 19.2 Å². The first kappa shape index (κ1) is 32.0. The van der Waals surface area contributed by atoms with Crippen molar-refractivity contribution in [3.8, 4) is 0 Å². The first-order valence-corrected chi connectivity index (χ1v) is 12.1. The van der Waals surface area contributed by atoms with Crippen molar-refractivity contribution >= 4 is 36.4 Å². The minimum Gasteiger partial charge on any atom is -0.480 e. The van der Waals surface area contributed by atoms with Gasteiger partial charge in [-0.05, 0) is 64.8 Å². The van der Waals surface area contributed by atoms with Crippen LogP contribution in [-0.2, 0) is 19.2 Å². The lowest BCUT2D eigenvalue weighted by atomic mass is 10.1. The molecule has 14 heteroatoms. The number of hydrogen-bond acceptors (Lipinski definition) is 10. The number of thiol groups is 1. The van der Waals surface area contributed by atoms with Crippen molar-refractivity contribution in [2.45, 2.75) is 50.6 Å². The Kier molecular flexibility index (Phi) is 19.2. The summed E-state index contributed by atoms with van der Waals surface area (Å²) >= 11 is 4.07. The number of carbonyl (C=O) groups excluding carboxylic acids is 2. The lowest BCUT2D eigenvalue weighted by Gasteiger charge is -2.26. The van der Waals surface area contributed by atoms with Gasteiger partial charge in [-0.1, -0.05) is 0 Å². The highest BCUT2D eigenvalue weighted by atomic mass is 32.1. The van der Waals surface area contributed by atoms with Crippen LogP contribution in [0, 0.1) is 0 Å². The predicted octanol–water partition coefficient (Wildman–Crippen LogP) is -2.29. The van der Waals surface area contributed by atoms with Crippen LogP contribution in [0.2, 0.25) is 0 Å². The molecule has 0 fully saturated rings. The van der Waals surface area contributed by atoms with E-state index in [0.29, 0.717) is 26.1 Å². The van der Waals surface area contributed by atoms with Crippen LogP contribution in [0.1, 0.15) is 38.5 Å². The van der Waals surface area contributed by atoms with E-state index in [1.807, 2.05) is 0 Å². The Balaban J connectivity index is 4.32. The van der Waals surface area contributed by atoms with E-state index < -0.39 is 42.4 Å². The molecule has 0 heterocycles. The van der Waals surface area contributed by atoms with Gasteiger partial charge in [0.05, 0.1) is 0 Å². The second-order valence-corrected chi connectivity index (χ2v) is 8.08. The van der Waals surface area contributed by atoms with Gasteiger partial charge in [0, 0.05) is 18.7 Å². The van der Waals surface area contributed by atoms with Crippen molar-refractivity contribution in [3.63, 3.8) is 0 Å². The zero-order valence-electron chi connectivity index (χ0n) is 19.6. The standard InChI is InChI=1S/C20H41N7O6S/c21-7-3-10-23-8-1-2-9-24-11-4-12-25-27(13-18(29)30)19(31)16(14-34)26-17(28)6-5-15(22)20(32)33/h15-16,23-25,34H,1-14,21-22H2,(H,26,28)(H,29,30)(H,32,33). The Bertz CT molecular complexity index is 614. The molecular weight excluding hydrogens is 466 g/mol. The number of aliphatic carboxylic acids is 2. The SMILES string of the molecule is NCCCNCCCCNCCCNN(CC(=O)O)C(=O)C(CS)NC(=O)CCC(N)C(=O)O. The van der Waals surface area contributed by atoms with E-state index in [2.05, 4.69) is 34.0 Å². The summed E-state index contributed by atoms with van der Waals surface area (Å²) in [7, 11) is 0. The first-order chi connectivity index (χ1) is 16.2. The molecule has 34 heavy (non-hydrogen) atoms. The molecular formula is C20H41N7O6S.